The van der Waals surface area contributed by atoms with E-state index < -0.39 is 47.9 Å². The highest BCUT2D eigenvalue weighted by Gasteiger charge is 2.33. The molecule has 0 saturated carbocycles. The van der Waals surface area contributed by atoms with Crippen LogP contribution in [0.1, 0.15) is 27.0 Å². The highest BCUT2D eigenvalue weighted by Crippen LogP contribution is 2.41. The highest BCUT2D eigenvalue weighted by molar-refractivity contribution is 9.10. The minimum Gasteiger partial charge on any atom is -0.591 e. The molecule has 1 heterocycles. The number of halogens is 6. The normalized spacial score (nSPS) is 16.1. The third-order valence-electron chi connectivity index (χ3n) is 6.51. The molecule has 0 radical (unpaired) electrons. The Kier molecular flexibility index (Phi) is 10.7. The van der Waals surface area contributed by atoms with Gasteiger partial charge in [0, 0.05) is 29.7 Å². The zero-order valence-electron chi connectivity index (χ0n) is 22.6. The van der Waals surface area contributed by atoms with Gasteiger partial charge in [-0.3, -0.25) is 9.79 Å². The van der Waals surface area contributed by atoms with Crippen LogP contribution in [0.15, 0.2) is 56.3 Å². The van der Waals surface area contributed by atoms with Crippen LogP contribution in [0.2, 0.25) is 5.02 Å². The first-order valence-electron chi connectivity index (χ1n) is 12.7. The molecule has 2 unspecified atom stereocenters. The number of nitrogens with one attached hydrogen (secondary N) is 2. The van der Waals surface area contributed by atoms with Crippen LogP contribution in [-0.2, 0) is 24.3 Å². The van der Waals surface area contributed by atoms with E-state index in [1.54, 1.807) is 12.1 Å². The van der Waals surface area contributed by atoms with E-state index in [-0.39, 0.29) is 58.6 Å². The summed E-state index contributed by atoms with van der Waals surface area (Å²) in [6.07, 6.45) is -1.42. The maximum Gasteiger partial charge on any atom is 0.260 e. The van der Waals surface area contributed by atoms with Gasteiger partial charge in [-0.15, -0.1) is 0 Å². The largest absolute Gasteiger partial charge is 0.591 e. The fourth-order valence-corrected chi connectivity index (χ4v) is 5.89. The Morgan fingerprint density at radius 3 is 2.60 bits per heavy atom. The first kappa shape index (κ1) is 32.7. The Hall–Kier alpha value is -3.17. The van der Waals surface area contributed by atoms with E-state index in [2.05, 4.69) is 42.7 Å². The molecule has 228 valence electrons. The summed E-state index contributed by atoms with van der Waals surface area (Å²) in [7, 11) is 0. The van der Waals surface area contributed by atoms with E-state index >= 15 is 0 Å². The van der Waals surface area contributed by atoms with Crippen molar-refractivity contribution >= 4 is 74.4 Å². The van der Waals surface area contributed by atoms with Gasteiger partial charge in [0.1, 0.15) is 17.9 Å². The lowest BCUT2D eigenvalue weighted by Gasteiger charge is -2.30. The first-order valence-corrected chi connectivity index (χ1v) is 15.4. The van der Waals surface area contributed by atoms with Gasteiger partial charge < -0.3 is 25.8 Å². The maximum absolute atomic E-state index is 14.3. The molecule has 0 aliphatic carbocycles. The SMILES string of the molecule is C=Nc1cc(Br)ccc1C(=O)N1CC(Cc2cc(F)cc(F)c2)NCc2cc(Cl)c(C(N)=N[S+](C)[O-])c(NCC(F)F)c21. The van der Waals surface area contributed by atoms with Crippen molar-refractivity contribution in [1.29, 1.82) is 0 Å². The Morgan fingerprint density at radius 2 is 1.98 bits per heavy atom. The molecule has 2 atom stereocenters. The third kappa shape index (κ3) is 7.87. The van der Waals surface area contributed by atoms with Crippen LogP contribution in [0.3, 0.4) is 0 Å². The molecule has 1 amide bonds. The lowest BCUT2D eigenvalue weighted by Crippen LogP contribution is -2.43. The zero-order valence-corrected chi connectivity index (χ0v) is 25.8. The predicted molar refractivity (Wildman–Crippen MR) is 166 cm³/mol. The second-order valence-corrected chi connectivity index (χ2v) is 11.9. The maximum atomic E-state index is 14.3. The molecular weight excluding hydrogens is 676 g/mol. The molecule has 0 fully saturated rings. The number of hydrogen-bond donors (Lipinski definition) is 3. The van der Waals surface area contributed by atoms with Crippen molar-refractivity contribution in [3.8, 4) is 0 Å². The fourth-order valence-electron chi connectivity index (χ4n) is 4.85. The summed E-state index contributed by atoms with van der Waals surface area (Å²) in [5.74, 6) is -2.37. The summed E-state index contributed by atoms with van der Waals surface area (Å²) in [5, 5.41) is 5.94. The Bertz CT molecular complexity index is 1560. The summed E-state index contributed by atoms with van der Waals surface area (Å²) < 4.78 is 71.4. The van der Waals surface area contributed by atoms with Gasteiger partial charge in [-0.25, -0.2) is 17.6 Å². The van der Waals surface area contributed by atoms with Crippen LogP contribution in [0.5, 0.6) is 0 Å². The van der Waals surface area contributed by atoms with Crippen molar-refractivity contribution in [3.05, 3.63) is 85.8 Å². The van der Waals surface area contributed by atoms with Crippen molar-refractivity contribution in [2.45, 2.75) is 25.4 Å². The van der Waals surface area contributed by atoms with E-state index in [1.807, 2.05) is 0 Å². The molecule has 3 aromatic rings. The number of hydrogen-bond acceptors (Lipinski definition) is 6. The van der Waals surface area contributed by atoms with Crippen molar-refractivity contribution in [2.24, 2.45) is 15.1 Å². The Labute approximate surface area is 261 Å². The van der Waals surface area contributed by atoms with Crippen molar-refractivity contribution in [1.82, 2.24) is 5.32 Å². The van der Waals surface area contributed by atoms with Crippen LogP contribution in [-0.4, -0.2) is 54.8 Å². The molecule has 15 heteroatoms. The van der Waals surface area contributed by atoms with E-state index in [0.29, 0.717) is 15.6 Å². The number of rotatable bonds is 9. The number of amides is 1. The minimum absolute atomic E-state index is 0.0131. The van der Waals surface area contributed by atoms with Crippen molar-refractivity contribution < 1.29 is 26.9 Å². The van der Waals surface area contributed by atoms with Gasteiger partial charge >= 0.3 is 0 Å². The van der Waals surface area contributed by atoms with E-state index in [4.69, 9.17) is 17.3 Å². The van der Waals surface area contributed by atoms with Gasteiger partial charge in [-0.05, 0) is 65.1 Å². The minimum atomic E-state index is -2.80. The van der Waals surface area contributed by atoms with Crippen LogP contribution >= 0.6 is 27.5 Å². The van der Waals surface area contributed by atoms with Gasteiger partial charge in [0.05, 0.1) is 51.1 Å². The molecular formula is C28H26BrClF4N6O2S. The zero-order chi connectivity index (χ0) is 31.4. The summed E-state index contributed by atoms with van der Waals surface area (Å²) in [5.41, 5.74) is 7.45. The fraction of sp³-hybridized carbons (Fsp3) is 0.250. The second-order valence-electron chi connectivity index (χ2n) is 9.58. The lowest BCUT2D eigenvalue weighted by atomic mass is 10.0. The molecule has 4 rings (SSSR count). The number of carbonyl (C=O) groups is 1. The molecule has 4 N–H and O–H groups in total. The first-order chi connectivity index (χ1) is 20.4. The monoisotopic (exact) mass is 700 g/mol. The van der Waals surface area contributed by atoms with Crippen molar-refractivity contribution in [3.63, 3.8) is 0 Å². The molecule has 0 spiro atoms. The van der Waals surface area contributed by atoms with Crippen LogP contribution in [0.4, 0.5) is 34.6 Å². The number of aliphatic imine (C=N–C) groups is 1. The van der Waals surface area contributed by atoms with Gasteiger partial charge in [0.25, 0.3) is 12.3 Å². The van der Waals surface area contributed by atoms with Crippen LogP contribution in [0.25, 0.3) is 0 Å². The van der Waals surface area contributed by atoms with Gasteiger partial charge in [-0.1, -0.05) is 27.5 Å². The number of benzene rings is 3. The van der Waals surface area contributed by atoms with E-state index in [1.165, 1.54) is 35.4 Å². The lowest BCUT2D eigenvalue weighted by molar-refractivity contribution is 0.0985. The van der Waals surface area contributed by atoms with E-state index in [9.17, 15) is 26.9 Å². The molecule has 1 aliphatic rings. The van der Waals surface area contributed by atoms with E-state index in [0.717, 1.165) is 6.07 Å². The van der Waals surface area contributed by atoms with Gasteiger partial charge in [-0.2, -0.15) is 0 Å². The summed E-state index contributed by atoms with van der Waals surface area (Å²) in [6.45, 7) is 2.74. The number of carbonyl (C=O) groups excluding carboxylic acids is 1. The molecule has 0 bridgehead atoms. The molecule has 8 nitrogen and oxygen atoms in total. The predicted octanol–water partition coefficient (Wildman–Crippen LogP) is 5.75. The quantitative estimate of drug-likeness (QED) is 0.114. The highest BCUT2D eigenvalue weighted by atomic mass is 79.9. The number of fused-ring (bicyclic) bond motifs is 1. The number of amidine groups is 1. The molecule has 43 heavy (non-hydrogen) atoms. The standard InChI is InChI=1S/C28H26BrClF4N6O2S/c1-36-22-9-16(29)3-4-20(22)28(41)40-13-19(7-14-5-17(31)10-18(32)6-14)37-11-15-8-21(30)24(27(35)39-43(2)42)25(26(15)40)38-12-23(33)34/h3-6,8-10,19,23,37-38H,1,7,11-13H2,2H3,(H2,35,39). The van der Waals surface area contributed by atoms with Crippen LogP contribution in [0, 0.1) is 11.6 Å². The Morgan fingerprint density at radius 1 is 1.28 bits per heavy atom. The summed E-state index contributed by atoms with van der Waals surface area (Å²) in [6, 6.07) is 8.84. The number of anilines is 2. The average Bonchev–Trinajstić information content (AvgIpc) is 3.09. The second kappa shape index (κ2) is 14.1. The summed E-state index contributed by atoms with van der Waals surface area (Å²) >= 11 is 8.17. The van der Waals surface area contributed by atoms with Crippen molar-refractivity contribution in [2.75, 3.05) is 29.6 Å². The summed E-state index contributed by atoms with van der Waals surface area (Å²) in [4.78, 5) is 19.6. The number of alkyl halides is 2. The van der Waals surface area contributed by atoms with Gasteiger partial charge in [0.2, 0.25) is 0 Å². The molecule has 3 aromatic carbocycles. The van der Waals surface area contributed by atoms with Crippen LogP contribution < -0.4 is 21.3 Å². The number of nitrogens with zero attached hydrogens (tertiary/aromatic N) is 3. The molecule has 0 aromatic heterocycles. The molecule has 0 saturated heterocycles. The number of nitrogens with two attached hydrogens (primary N) is 1. The third-order valence-corrected chi connectivity index (χ3v) is 7.76. The smallest absolute Gasteiger partial charge is 0.260 e. The average molecular weight is 702 g/mol. The topological polar surface area (TPSA) is 118 Å². The van der Waals surface area contributed by atoms with Gasteiger partial charge in [0.15, 0.2) is 5.84 Å². The molecule has 1 aliphatic heterocycles. The Balaban J connectivity index is 1.94.